The van der Waals surface area contributed by atoms with E-state index in [-0.39, 0.29) is 0 Å². The molecule has 0 aliphatic carbocycles. The molecule has 1 atom stereocenters. The maximum atomic E-state index is 5.96. The van der Waals surface area contributed by atoms with E-state index < -0.39 is 0 Å². The van der Waals surface area contributed by atoms with Crippen LogP contribution < -0.4 is 0 Å². The molecule has 0 saturated heterocycles. The predicted octanol–water partition coefficient (Wildman–Crippen LogP) is 3.72. The van der Waals surface area contributed by atoms with Gasteiger partial charge in [0.05, 0.1) is 24.9 Å². The molecule has 0 N–H and O–H groups in total. The van der Waals surface area contributed by atoms with Gasteiger partial charge in [0.2, 0.25) is 0 Å². The summed E-state index contributed by atoms with van der Waals surface area (Å²) in [6.45, 7) is 4.31. The van der Waals surface area contributed by atoms with Crippen molar-refractivity contribution in [2.75, 3.05) is 13.2 Å². The molecule has 0 radical (unpaired) electrons. The van der Waals surface area contributed by atoms with Gasteiger partial charge in [0.15, 0.2) is 0 Å². The number of pyridine rings is 1. The summed E-state index contributed by atoms with van der Waals surface area (Å²) < 4.78 is 8.33. The van der Waals surface area contributed by atoms with Gasteiger partial charge in [-0.15, -0.1) is 11.3 Å². The lowest BCUT2D eigenvalue weighted by atomic mass is 10.2. The number of fused-ring (bicyclic) bond motifs is 1. The Morgan fingerprint density at radius 2 is 2.17 bits per heavy atom. The van der Waals surface area contributed by atoms with Crippen molar-refractivity contribution in [2.24, 2.45) is 0 Å². The molecule has 1 aliphatic heterocycles. The Labute approximate surface area is 146 Å². The van der Waals surface area contributed by atoms with Crippen LogP contribution in [0.15, 0.2) is 60.2 Å². The first-order valence-corrected chi connectivity index (χ1v) is 9.14. The molecular formula is C19H21N3OS. The van der Waals surface area contributed by atoms with Crippen LogP contribution in [-0.4, -0.2) is 27.6 Å². The fraction of sp³-hybridized carbons (Fsp3) is 0.316. The lowest BCUT2D eigenvalue weighted by Crippen LogP contribution is -2.38. The van der Waals surface area contributed by atoms with Gasteiger partial charge in [0.1, 0.15) is 0 Å². The van der Waals surface area contributed by atoms with E-state index in [1.807, 2.05) is 35.7 Å². The summed E-state index contributed by atoms with van der Waals surface area (Å²) in [6.07, 6.45) is 3.98. The number of thiophene rings is 1. The van der Waals surface area contributed by atoms with Crippen LogP contribution in [0.1, 0.15) is 22.3 Å². The average Bonchev–Trinajstić information content (AvgIpc) is 3.27. The van der Waals surface area contributed by atoms with E-state index in [1.54, 1.807) is 0 Å². The molecule has 124 valence electrons. The molecular weight excluding hydrogens is 318 g/mol. The van der Waals surface area contributed by atoms with E-state index >= 15 is 0 Å². The van der Waals surface area contributed by atoms with Crippen molar-refractivity contribution < 1.29 is 4.74 Å². The largest absolute Gasteiger partial charge is 0.373 e. The molecule has 4 heterocycles. The molecule has 4 rings (SSSR count). The number of aromatic nitrogens is 2. The van der Waals surface area contributed by atoms with E-state index in [9.17, 15) is 0 Å². The van der Waals surface area contributed by atoms with Gasteiger partial charge in [0.25, 0.3) is 0 Å². The fourth-order valence-corrected chi connectivity index (χ4v) is 4.00. The highest BCUT2D eigenvalue weighted by molar-refractivity contribution is 7.09. The van der Waals surface area contributed by atoms with Crippen molar-refractivity contribution in [3.8, 4) is 0 Å². The Kier molecular flexibility index (Phi) is 4.74. The zero-order chi connectivity index (χ0) is 16.2. The van der Waals surface area contributed by atoms with Crippen LogP contribution >= 0.6 is 11.3 Å². The summed E-state index contributed by atoms with van der Waals surface area (Å²) in [6, 6.07) is 15.0. The van der Waals surface area contributed by atoms with Crippen molar-refractivity contribution in [1.82, 2.24) is 14.5 Å². The highest BCUT2D eigenvalue weighted by atomic mass is 32.1. The van der Waals surface area contributed by atoms with Crippen LogP contribution in [0.25, 0.3) is 0 Å². The number of rotatable bonds is 6. The molecule has 0 spiro atoms. The summed E-state index contributed by atoms with van der Waals surface area (Å²) >= 11 is 1.83. The minimum atomic E-state index is 0.354. The summed E-state index contributed by atoms with van der Waals surface area (Å²) in [5, 5.41) is 2.15. The Hall–Kier alpha value is -1.95. The number of nitrogens with zero attached hydrogens (tertiary/aromatic N) is 3. The third kappa shape index (κ3) is 3.59. The van der Waals surface area contributed by atoms with E-state index in [0.29, 0.717) is 19.3 Å². The Balaban J connectivity index is 1.40. The molecule has 3 aromatic rings. The maximum absolute atomic E-state index is 5.96. The van der Waals surface area contributed by atoms with Crippen molar-refractivity contribution in [2.45, 2.75) is 25.7 Å². The first kappa shape index (κ1) is 15.6. The molecule has 0 aromatic carbocycles. The molecule has 1 unspecified atom stereocenters. The predicted molar refractivity (Wildman–Crippen MR) is 95.8 cm³/mol. The second-order valence-corrected chi connectivity index (χ2v) is 7.18. The molecule has 1 aliphatic rings. The van der Waals surface area contributed by atoms with Gasteiger partial charge in [-0.25, -0.2) is 0 Å². The van der Waals surface area contributed by atoms with Crippen LogP contribution in [-0.2, 0) is 24.4 Å². The standard InChI is InChI=1S/C19H21N3OS/c1-2-8-20-16(5-1)14-23-15-18-12-21(13-19-7-4-10-24-19)11-17-6-3-9-22(17)18/h1-10,18H,11-15H2. The van der Waals surface area contributed by atoms with Gasteiger partial charge >= 0.3 is 0 Å². The number of hydrogen-bond acceptors (Lipinski definition) is 4. The van der Waals surface area contributed by atoms with Crippen molar-refractivity contribution in [3.63, 3.8) is 0 Å². The molecule has 0 fully saturated rings. The van der Waals surface area contributed by atoms with E-state index in [4.69, 9.17) is 4.74 Å². The van der Waals surface area contributed by atoms with Gasteiger partial charge in [-0.3, -0.25) is 9.88 Å². The van der Waals surface area contributed by atoms with Crippen LogP contribution in [0.2, 0.25) is 0 Å². The lowest BCUT2D eigenvalue weighted by molar-refractivity contribution is 0.0576. The molecule has 0 bridgehead atoms. The van der Waals surface area contributed by atoms with Gasteiger partial charge in [0, 0.05) is 42.6 Å². The first-order valence-electron chi connectivity index (χ1n) is 8.26. The maximum Gasteiger partial charge on any atom is 0.0888 e. The zero-order valence-electron chi connectivity index (χ0n) is 13.5. The van der Waals surface area contributed by atoms with Crippen molar-refractivity contribution in [3.05, 3.63) is 76.5 Å². The number of hydrogen-bond donors (Lipinski definition) is 0. The normalized spacial score (nSPS) is 17.8. The van der Waals surface area contributed by atoms with Gasteiger partial charge in [-0.1, -0.05) is 12.1 Å². The monoisotopic (exact) mass is 339 g/mol. The second-order valence-electron chi connectivity index (χ2n) is 6.15. The Morgan fingerprint density at radius 1 is 1.17 bits per heavy atom. The minimum absolute atomic E-state index is 0.354. The first-order chi connectivity index (χ1) is 11.9. The number of ether oxygens (including phenoxy) is 1. The molecule has 0 amide bonds. The molecule has 3 aromatic heterocycles. The van der Waals surface area contributed by atoms with Crippen molar-refractivity contribution in [1.29, 1.82) is 0 Å². The van der Waals surface area contributed by atoms with E-state index in [2.05, 4.69) is 50.3 Å². The highest BCUT2D eigenvalue weighted by Gasteiger charge is 2.24. The quantitative estimate of drug-likeness (QED) is 0.686. The average molecular weight is 339 g/mol. The second kappa shape index (κ2) is 7.30. The molecule has 5 heteroatoms. The van der Waals surface area contributed by atoms with Gasteiger partial charge in [-0.05, 0) is 35.7 Å². The van der Waals surface area contributed by atoms with Crippen LogP contribution in [0.4, 0.5) is 0 Å². The van der Waals surface area contributed by atoms with Crippen molar-refractivity contribution >= 4 is 11.3 Å². The Morgan fingerprint density at radius 3 is 3.00 bits per heavy atom. The molecule has 4 nitrogen and oxygen atoms in total. The smallest absolute Gasteiger partial charge is 0.0888 e. The van der Waals surface area contributed by atoms with Crippen LogP contribution in [0, 0.1) is 0 Å². The van der Waals surface area contributed by atoms with Crippen LogP contribution in [0.3, 0.4) is 0 Å². The van der Waals surface area contributed by atoms with Gasteiger partial charge < -0.3 is 9.30 Å². The fourth-order valence-electron chi connectivity index (χ4n) is 3.26. The van der Waals surface area contributed by atoms with E-state index in [1.165, 1.54) is 10.6 Å². The molecule has 0 saturated carbocycles. The third-order valence-electron chi connectivity index (χ3n) is 4.36. The van der Waals surface area contributed by atoms with Gasteiger partial charge in [-0.2, -0.15) is 0 Å². The highest BCUT2D eigenvalue weighted by Crippen LogP contribution is 2.25. The Bertz CT molecular complexity index is 754. The summed E-state index contributed by atoms with van der Waals surface area (Å²) in [5.74, 6) is 0. The molecule has 24 heavy (non-hydrogen) atoms. The third-order valence-corrected chi connectivity index (χ3v) is 5.22. The van der Waals surface area contributed by atoms with Crippen LogP contribution in [0.5, 0.6) is 0 Å². The topological polar surface area (TPSA) is 30.3 Å². The summed E-state index contributed by atoms with van der Waals surface area (Å²) in [7, 11) is 0. The summed E-state index contributed by atoms with van der Waals surface area (Å²) in [5.41, 5.74) is 2.35. The zero-order valence-corrected chi connectivity index (χ0v) is 14.4. The SMILES string of the molecule is c1ccc(COCC2CN(Cc3cccs3)Cc3cccn32)nc1. The minimum Gasteiger partial charge on any atom is -0.373 e. The summed E-state index contributed by atoms with van der Waals surface area (Å²) in [4.78, 5) is 8.25. The van der Waals surface area contributed by atoms with E-state index in [0.717, 1.165) is 25.3 Å². The lowest BCUT2D eigenvalue weighted by Gasteiger charge is -2.34.